The summed E-state index contributed by atoms with van der Waals surface area (Å²) < 4.78 is 18.2. The number of rotatable bonds is 5. The molecule has 0 bridgehead atoms. The third-order valence-electron chi connectivity index (χ3n) is 4.29. The fraction of sp³-hybridized carbons (Fsp3) is 0.588. The quantitative estimate of drug-likeness (QED) is 0.819. The van der Waals surface area contributed by atoms with Crippen LogP contribution in [0.4, 0.5) is 10.1 Å². The number of carbonyl (C=O) groups is 1. The van der Waals surface area contributed by atoms with Gasteiger partial charge in [-0.25, -0.2) is 9.18 Å². The average Bonchev–Trinajstić information content (AvgIpc) is 2.50. The highest BCUT2D eigenvalue weighted by Gasteiger charge is 2.21. The Kier molecular flexibility index (Phi) is 5.59. The Bertz CT molecular complexity index is 482. The molecule has 1 saturated carbocycles. The predicted molar refractivity (Wildman–Crippen MR) is 82.0 cm³/mol. The van der Waals surface area contributed by atoms with Gasteiger partial charge in [0.25, 0.3) is 0 Å². The first-order valence-electron chi connectivity index (χ1n) is 7.78. The van der Waals surface area contributed by atoms with E-state index in [0.29, 0.717) is 6.04 Å². The average molecular weight is 293 g/mol. The number of methoxy groups -OCH3 is 1. The number of halogens is 1. The van der Waals surface area contributed by atoms with Crippen molar-refractivity contribution in [2.45, 2.75) is 51.5 Å². The first-order valence-corrected chi connectivity index (χ1v) is 7.78. The Morgan fingerprint density at radius 1 is 1.33 bits per heavy atom. The van der Waals surface area contributed by atoms with Gasteiger partial charge in [0, 0.05) is 11.7 Å². The zero-order valence-corrected chi connectivity index (χ0v) is 12.8. The summed E-state index contributed by atoms with van der Waals surface area (Å²) in [5.41, 5.74) is 0.776. The highest BCUT2D eigenvalue weighted by molar-refractivity contribution is 5.90. The van der Waals surface area contributed by atoms with Crippen molar-refractivity contribution < 1.29 is 13.9 Å². The lowest BCUT2D eigenvalue weighted by Crippen LogP contribution is -2.26. The molecule has 0 radical (unpaired) electrons. The number of anilines is 1. The van der Waals surface area contributed by atoms with E-state index in [2.05, 4.69) is 17.0 Å². The lowest BCUT2D eigenvalue weighted by atomic mass is 9.83. The van der Waals surface area contributed by atoms with Gasteiger partial charge in [0.1, 0.15) is 5.82 Å². The molecule has 1 aliphatic carbocycles. The third kappa shape index (κ3) is 4.19. The zero-order chi connectivity index (χ0) is 15.2. The monoisotopic (exact) mass is 293 g/mol. The van der Waals surface area contributed by atoms with E-state index >= 15 is 0 Å². The van der Waals surface area contributed by atoms with E-state index in [4.69, 9.17) is 0 Å². The Morgan fingerprint density at radius 3 is 2.67 bits per heavy atom. The van der Waals surface area contributed by atoms with E-state index in [1.807, 2.05) is 0 Å². The molecule has 0 heterocycles. The Labute approximate surface area is 125 Å². The van der Waals surface area contributed by atoms with E-state index in [1.54, 1.807) is 12.1 Å². The molecule has 1 aliphatic rings. The van der Waals surface area contributed by atoms with Crippen LogP contribution in [0.5, 0.6) is 0 Å². The van der Waals surface area contributed by atoms with Crippen LogP contribution in [0.1, 0.15) is 55.8 Å². The van der Waals surface area contributed by atoms with Crippen molar-refractivity contribution in [3.63, 3.8) is 0 Å². The number of ether oxygens (including phenoxy) is 1. The normalized spacial score (nSPS) is 21.9. The highest BCUT2D eigenvalue weighted by atomic mass is 19.1. The third-order valence-corrected chi connectivity index (χ3v) is 4.29. The Balaban J connectivity index is 1.96. The summed E-state index contributed by atoms with van der Waals surface area (Å²) in [6, 6.07) is 4.95. The lowest BCUT2D eigenvalue weighted by Gasteiger charge is -2.29. The summed E-state index contributed by atoms with van der Waals surface area (Å²) in [7, 11) is 1.26. The number of carbonyl (C=O) groups excluding carboxylic acids is 1. The number of nitrogens with one attached hydrogen (secondary N) is 1. The predicted octanol–water partition coefficient (Wildman–Crippen LogP) is 4.38. The van der Waals surface area contributed by atoms with Crippen molar-refractivity contribution in [3.05, 3.63) is 29.6 Å². The van der Waals surface area contributed by atoms with Gasteiger partial charge in [-0.15, -0.1) is 0 Å². The molecule has 0 aromatic heterocycles. The topological polar surface area (TPSA) is 38.3 Å². The van der Waals surface area contributed by atoms with Crippen LogP contribution < -0.4 is 5.32 Å². The molecule has 1 aromatic rings. The van der Waals surface area contributed by atoms with Gasteiger partial charge in [-0.1, -0.05) is 19.8 Å². The summed E-state index contributed by atoms with van der Waals surface area (Å²) in [4.78, 5) is 11.5. The second kappa shape index (κ2) is 7.43. The maximum Gasteiger partial charge on any atom is 0.340 e. The molecule has 0 amide bonds. The molecule has 0 aliphatic heterocycles. The second-order valence-corrected chi connectivity index (χ2v) is 5.84. The van der Waals surface area contributed by atoms with Gasteiger partial charge in [0.15, 0.2) is 0 Å². The number of hydrogen-bond acceptors (Lipinski definition) is 3. The van der Waals surface area contributed by atoms with Crippen LogP contribution in [0, 0.1) is 11.7 Å². The molecule has 21 heavy (non-hydrogen) atoms. The van der Waals surface area contributed by atoms with E-state index in [-0.39, 0.29) is 5.56 Å². The molecule has 1 N–H and O–H groups in total. The molecule has 4 heteroatoms. The molecule has 1 fully saturated rings. The first kappa shape index (κ1) is 15.8. The molecular weight excluding hydrogens is 269 g/mol. The van der Waals surface area contributed by atoms with Gasteiger partial charge in [0.05, 0.1) is 12.7 Å². The van der Waals surface area contributed by atoms with Crippen molar-refractivity contribution in [2.75, 3.05) is 12.4 Å². The summed E-state index contributed by atoms with van der Waals surface area (Å²) in [6.07, 6.45) is 7.33. The SMILES string of the molecule is CCCC1CCC(Nc2ccc(F)c(C(=O)OC)c2)CC1. The van der Waals surface area contributed by atoms with Crippen molar-refractivity contribution >= 4 is 11.7 Å². The Hall–Kier alpha value is -1.58. The number of hydrogen-bond donors (Lipinski definition) is 1. The molecule has 0 unspecified atom stereocenters. The fourth-order valence-electron chi connectivity index (χ4n) is 3.12. The van der Waals surface area contributed by atoms with Crippen LogP contribution >= 0.6 is 0 Å². The van der Waals surface area contributed by atoms with Crippen LogP contribution in [0.2, 0.25) is 0 Å². The molecule has 3 nitrogen and oxygen atoms in total. The summed E-state index contributed by atoms with van der Waals surface area (Å²) >= 11 is 0. The summed E-state index contributed by atoms with van der Waals surface area (Å²) in [6.45, 7) is 2.23. The number of benzene rings is 1. The summed E-state index contributed by atoms with van der Waals surface area (Å²) in [5.74, 6) is -0.325. The largest absolute Gasteiger partial charge is 0.465 e. The molecule has 116 valence electrons. The van der Waals surface area contributed by atoms with Gasteiger partial charge in [-0.3, -0.25) is 0 Å². The van der Waals surface area contributed by atoms with Crippen molar-refractivity contribution in [1.82, 2.24) is 0 Å². The van der Waals surface area contributed by atoms with Crippen LogP contribution in [0.15, 0.2) is 18.2 Å². The van der Waals surface area contributed by atoms with Crippen molar-refractivity contribution in [3.8, 4) is 0 Å². The van der Waals surface area contributed by atoms with Gasteiger partial charge >= 0.3 is 5.97 Å². The molecule has 1 aromatic carbocycles. The molecule has 0 saturated heterocycles. The van der Waals surface area contributed by atoms with E-state index in [0.717, 1.165) is 24.4 Å². The minimum atomic E-state index is -0.636. The standard InChI is InChI=1S/C17H24FNO2/c1-3-4-12-5-7-13(8-6-12)19-14-9-10-16(18)15(11-14)17(20)21-2/h9-13,19H,3-8H2,1-2H3. The van der Waals surface area contributed by atoms with E-state index in [9.17, 15) is 9.18 Å². The van der Waals surface area contributed by atoms with Crippen LogP contribution in [0.3, 0.4) is 0 Å². The lowest BCUT2D eigenvalue weighted by molar-refractivity contribution is 0.0595. The van der Waals surface area contributed by atoms with Gasteiger partial charge in [0.2, 0.25) is 0 Å². The van der Waals surface area contributed by atoms with Crippen molar-refractivity contribution in [1.29, 1.82) is 0 Å². The molecule has 2 rings (SSSR count). The Morgan fingerprint density at radius 2 is 2.05 bits per heavy atom. The maximum absolute atomic E-state index is 13.6. The first-order chi connectivity index (χ1) is 10.1. The van der Waals surface area contributed by atoms with E-state index < -0.39 is 11.8 Å². The van der Waals surface area contributed by atoms with Crippen molar-refractivity contribution in [2.24, 2.45) is 5.92 Å². The van der Waals surface area contributed by atoms with Gasteiger partial charge < -0.3 is 10.1 Å². The minimum Gasteiger partial charge on any atom is -0.465 e. The molecule has 0 atom stereocenters. The van der Waals surface area contributed by atoms with Crippen LogP contribution in [-0.2, 0) is 4.74 Å². The molecule has 0 spiro atoms. The maximum atomic E-state index is 13.6. The second-order valence-electron chi connectivity index (χ2n) is 5.84. The van der Waals surface area contributed by atoms with Gasteiger partial charge in [-0.05, 0) is 49.8 Å². The van der Waals surface area contributed by atoms with Crippen LogP contribution in [0.25, 0.3) is 0 Å². The number of esters is 1. The van der Waals surface area contributed by atoms with E-state index in [1.165, 1.54) is 38.9 Å². The fourth-order valence-corrected chi connectivity index (χ4v) is 3.12. The summed E-state index contributed by atoms with van der Waals surface area (Å²) in [5, 5.41) is 3.42. The highest BCUT2D eigenvalue weighted by Crippen LogP contribution is 2.29. The minimum absolute atomic E-state index is 0.0119. The molecular formula is C17H24FNO2. The van der Waals surface area contributed by atoms with Crippen LogP contribution in [-0.4, -0.2) is 19.1 Å². The smallest absolute Gasteiger partial charge is 0.340 e. The zero-order valence-electron chi connectivity index (χ0n) is 12.8. The van der Waals surface area contributed by atoms with Gasteiger partial charge in [-0.2, -0.15) is 0 Å².